The number of para-hydroxylation sites is 2. The molecular weight excluding hydrogens is 334 g/mol. The molecule has 0 unspecified atom stereocenters. The molecule has 1 N–H and O–H groups in total. The van der Waals surface area contributed by atoms with Crippen molar-refractivity contribution in [3.8, 4) is 5.75 Å². The molecule has 0 bridgehead atoms. The van der Waals surface area contributed by atoms with Gasteiger partial charge in [-0.15, -0.1) is 0 Å². The number of rotatable bonds is 6. The van der Waals surface area contributed by atoms with E-state index >= 15 is 0 Å². The SMILES string of the molecule is COc1ccccc1NC(=O)[C@@H](C)OC(=O)C[C@@H]1CCS(=O)(=O)C1. The third-order valence-corrected chi connectivity index (χ3v) is 5.66. The molecule has 2 rings (SSSR count). The number of anilines is 1. The molecule has 7 nitrogen and oxygen atoms in total. The number of methoxy groups -OCH3 is 1. The molecule has 0 aliphatic carbocycles. The van der Waals surface area contributed by atoms with Gasteiger partial charge in [-0.05, 0) is 31.4 Å². The van der Waals surface area contributed by atoms with Crippen LogP contribution in [0, 0.1) is 5.92 Å². The lowest BCUT2D eigenvalue weighted by molar-refractivity contribution is -0.153. The van der Waals surface area contributed by atoms with Crippen molar-refractivity contribution in [2.24, 2.45) is 5.92 Å². The molecule has 1 fully saturated rings. The van der Waals surface area contributed by atoms with E-state index in [4.69, 9.17) is 9.47 Å². The summed E-state index contributed by atoms with van der Waals surface area (Å²) < 4.78 is 33.0. The van der Waals surface area contributed by atoms with E-state index in [1.807, 2.05) is 0 Å². The average molecular weight is 355 g/mol. The number of sulfone groups is 1. The largest absolute Gasteiger partial charge is 0.495 e. The Morgan fingerprint density at radius 2 is 2.04 bits per heavy atom. The fraction of sp³-hybridized carbons (Fsp3) is 0.500. The molecule has 0 radical (unpaired) electrons. The third kappa shape index (κ3) is 4.95. The number of amides is 1. The Balaban J connectivity index is 1.86. The zero-order valence-corrected chi connectivity index (χ0v) is 14.5. The van der Waals surface area contributed by atoms with Crippen LogP contribution in [0.25, 0.3) is 0 Å². The standard InChI is InChI=1S/C16H21NO6S/c1-11(16(19)17-13-5-3-4-6-14(13)22-2)23-15(18)9-12-7-8-24(20,21)10-12/h3-6,11-12H,7-10H2,1-2H3,(H,17,19)/t11-,12+/m1/s1. The summed E-state index contributed by atoms with van der Waals surface area (Å²) in [5, 5.41) is 2.64. The van der Waals surface area contributed by atoms with Crippen LogP contribution in [0.5, 0.6) is 5.75 Å². The Bertz CT molecular complexity index is 715. The molecule has 1 aliphatic heterocycles. The zero-order chi connectivity index (χ0) is 17.7. The first-order chi connectivity index (χ1) is 11.3. The second-order valence-corrected chi connectivity index (χ2v) is 8.02. The topological polar surface area (TPSA) is 98.8 Å². The van der Waals surface area contributed by atoms with E-state index in [1.165, 1.54) is 14.0 Å². The lowest BCUT2D eigenvalue weighted by Crippen LogP contribution is -2.30. The van der Waals surface area contributed by atoms with Crippen molar-refractivity contribution in [1.29, 1.82) is 0 Å². The maximum Gasteiger partial charge on any atom is 0.306 e. The summed E-state index contributed by atoms with van der Waals surface area (Å²) in [5.41, 5.74) is 0.481. The minimum absolute atomic E-state index is 0.00386. The van der Waals surface area contributed by atoms with Crippen molar-refractivity contribution in [1.82, 2.24) is 0 Å². The second kappa shape index (κ2) is 7.65. The van der Waals surface area contributed by atoms with Gasteiger partial charge in [-0.3, -0.25) is 9.59 Å². The minimum atomic E-state index is -3.04. The molecule has 24 heavy (non-hydrogen) atoms. The lowest BCUT2D eigenvalue weighted by Gasteiger charge is -2.16. The summed E-state index contributed by atoms with van der Waals surface area (Å²) in [6.07, 6.45) is -0.523. The van der Waals surface area contributed by atoms with Gasteiger partial charge in [0.2, 0.25) is 0 Å². The molecule has 1 aliphatic rings. The molecule has 1 aromatic rings. The van der Waals surface area contributed by atoms with Gasteiger partial charge < -0.3 is 14.8 Å². The fourth-order valence-corrected chi connectivity index (χ4v) is 4.41. The van der Waals surface area contributed by atoms with Crippen molar-refractivity contribution >= 4 is 27.4 Å². The van der Waals surface area contributed by atoms with Crippen LogP contribution < -0.4 is 10.1 Å². The van der Waals surface area contributed by atoms with Gasteiger partial charge >= 0.3 is 5.97 Å². The first kappa shape index (κ1) is 18.3. The zero-order valence-electron chi connectivity index (χ0n) is 13.7. The van der Waals surface area contributed by atoms with Gasteiger partial charge in [0, 0.05) is 6.42 Å². The van der Waals surface area contributed by atoms with Crippen LogP contribution in [0.3, 0.4) is 0 Å². The summed E-state index contributed by atoms with van der Waals surface area (Å²) in [4.78, 5) is 24.0. The first-order valence-electron chi connectivity index (χ1n) is 7.64. The normalized spacial score (nSPS) is 20.2. The smallest absolute Gasteiger partial charge is 0.306 e. The predicted octanol–water partition coefficient (Wildman–Crippen LogP) is 1.39. The van der Waals surface area contributed by atoms with E-state index in [0.29, 0.717) is 17.9 Å². The van der Waals surface area contributed by atoms with Crippen LogP contribution >= 0.6 is 0 Å². The molecular formula is C16H21NO6S. The van der Waals surface area contributed by atoms with E-state index in [9.17, 15) is 18.0 Å². The number of carbonyl (C=O) groups is 2. The summed E-state index contributed by atoms with van der Waals surface area (Å²) in [5.74, 6) is -0.669. The van der Waals surface area contributed by atoms with Crippen LogP contribution in [-0.4, -0.2) is 45.0 Å². The number of benzene rings is 1. The van der Waals surface area contributed by atoms with Crippen LogP contribution in [0.2, 0.25) is 0 Å². The molecule has 8 heteroatoms. The van der Waals surface area contributed by atoms with Crippen molar-refractivity contribution in [2.75, 3.05) is 23.9 Å². The third-order valence-electron chi connectivity index (χ3n) is 3.82. The van der Waals surface area contributed by atoms with Gasteiger partial charge in [0.15, 0.2) is 15.9 Å². The maximum absolute atomic E-state index is 12.1. The summed E-state index contributed by atoms with van der Waals surface area (Å²) in [6, 6.07) is 6.89. The maximum atomic E-state index is 12.1. The Hall–Kier alpha value is -2.09. The van der Waals surface area contributed by atoms with E-state index in [-0.39, 0.29) is 23.8 Å². The van der Waals surface area contributed by atoms with Crippen LogP contribution in [0.4, 0.5) is 5.69 Å². The number of esters is 1. The van der Waals surface area contributed by atoms with E-state index in [2.05, 4.69) is 5.32 Å². The number of carbonyl (C=O) groups excluding carboxylic acids is 2. The highest BCUT2D eigenvalue weighted by molar-refractivity contribution is 7.91. The average Bonchev–Trinajstić information content (AvgIpc) is 2.86. The highest BCUT2D eigenvalue weighted by Crippen LogP contribution is 2.24. The monoisotopic (exact) mass is 355 g/mol. The summed E-state index contributed by atoms with van der Waals surface area (Å²) >= 11 is 0. The van der Waals surface area contributed by atoms with Crippen LogP contribution in [0.1, 0.15) is 19.8 Å². The predicted molar refractivity (Wildman–Crippen MR) is 88.6 cm³/mol. The number of hydrogen-bond acceptors (Lipinski definition) is 6. The first-order valence-corrected chi connectivity index (χ1v) is 9.46. The van der Waals surface area contributed by atoms with Crippen LogP contribution in [-0.2, 0) is 24.2 Å². The highest BCUT2D eigenvalue weighted by Gasteiger charge is 2.30. The molecule has 1 saturated heterocycles. The molecule has 1 amide bonds. The Labute approximate surface area is 141 Å². The van der Waals surface area contributed by atoms with E-state index in [0.717, 1.165) is 0 Å². The van der Waals surface area contributed by atoms with Gasteiger partial charge in [-0.2, -0.15) is 0 Å². The lowest BCUT2D eigenvalue weighted by atomic mass is 10.1. The second-order valence-electron chi connectivity index (χ2n) is 5.79. The molecule has 132 valence electrons. The fourth-order valence-electron chi connectivity index (χ4n) is 2.55. The molecule has 1 heterocycles. The van der Waals surface area contributed by atoms with Crippen LogP contribution in [0.15, 0.2) is 24.3 Å². The highest BCUT2D eigenvalue weighted by atomic mass is 32.2. The van der Waals surface area contributed by atoms with Gasteiger partial charge in [0.25, 0.3) is 5.91 Å². The summed E-state index contributed by atoms with van der Waals surface area (Å²) in [6.45, 7) is 1.47. The Morgan fingerprint density at radius 1 is 1.33 bits per heavy atom. The van der Waals surface area contributed by atoms with Gasteiger partial charge in [-0.25, -0.2) is 8.42 Å². The molecule has 0 aromatic heterocycles. The molecule has 2 atom stereocenters. The number of ether oxygens (including phenoxy) is 2. The quantitative estimate of drug-likeness (QED) is 0.774. The van der Waals surface area contributed by atoms with Crippen molar-refractivity contribution in [3.63, 3.8) is 0 Å². The number of nitrogens with one attached hydrogen (secondary N) is 1. The minimum Gasteiger partial charge on any atom is -0.495 e. The van der Waals surface area contributed by atoms with Gasteiger partial charge in [-0.1, -0.05) is 12.1 Å². The Kier molecular flexibility index (Phi) is 5.82. The van der Waals surface area contributed by atoms with E-state index in [1.54, 1.807) is 24.3 Å². The summed E-state index contributed by atoms with van der Waals surface area (Å²) in [7, 11) is -1.55. The van der Waals surface area contributed by atoms with Gasteiger partial charge in [0.05, 0.1) is 24.3 Å². The van der Waals surface area contributed by atoms with Crippen molar-refractivity contribution in [2.45, 2.75) is 25.9 Å². The molecule has 0 spiro atoms. The molecule has 1 aromatic carbocycles. The number of hydrogen-bond donors (Lipinski definition) is 1. The van der Waals surface area contributed by atoms with Gasteiger partial charge in [0.1, 0.15) is 5.75 Å². The van der Waals surface area contributed by atoms with Crippen molar-refractivity contribution in [3.05, 3.63) is 24.3 Å². The Morgan fingerprint density at radius 3 is 2.67 bits per heavy atom. The van der Waals surface area contributed by atoms with E-state index < -0.39 is 27.8 Å². The van der Waals surface area contributed by atoms with Crippen molar-refractivity contribution < 1.29 is 27.5 Å². The molecule has 0 saturated carbocycles.